The molecule has 0 aliphatic carbocycles. The molecule has 0 spiro atoms. The van der Waals surface area contributed by atoms with Gasteiger partial charge in [-0.25, -0.2) is 19.2 Å². The number of aliphatic hydroxyl groups is 2. The first-order valence-corrected chi connectivity index (χ1v) is 11.4. The van der Waals surface area contributed by atoms with Crippen molar-refractivity contribution in [3.63, 3.8) is 0 Å². The van der Waals surface area contributed by atoms with Crippen LogP contribution in [0, 0.1) is 5.82 Å². The highest BCUT2D eigenvalue weighted by atomic mass is 35.5. The lowest BCUT2D eigenvalue weighted by atomic mass is 10.1. The smallest absolute Gasteiger partial charge is 0.324 e. The first kappa shape index (κ1) is 22.7. The maximum absolute atomic E-state index is 14.6. The van der Waals surface area contributed by atoms with Crippen molar-refractivity contribution >= 4 is 50.1 Å². The molecule has 4 rings (SSSR count). The Morgan fingerprint density at radius 3 is 2.94 bits per heavy atom. The van der Waals surface area contributed by atoms with Crippen LogP contribution in [-0.4, -0.2) is 69.5 Å². The van der Waals surface area contributed by atoms with Gasteiger partial charge < -0.3 is 20.0 Å². The number of amides is 2. The number of rotatable bonds is 5. The zero-order chi connectivity index (χ0) is 22.8. The minimum absolute atomic E-state index is 0.127. The first-order valence-electron chi connectivity index (χ1n) is 10.2. The van der Waals surface area contributed by atoms with Gasteiger partial charge >= 0.3 is 6.03 Å². The predicted octanol–water partition coefficient (Wildman–Crippen LogP) is 3.12. The zero-order valence-corrected chi connectivity index (χ0v) is 18.9. The second-order valence-electron chi connectivity index (χ2n) is 7.71. The Morgan fingerprint density at radius 1 is 1.44 bits per heavy atom. The van der Waals surface area contributed by atoms with Crippen LogP contribution in [0.4, 0.5) is 20.1 Å². The summed E-state index contributed by atoms with van der Waals surface area (Å²) in [5.41, 5.74) is 1.17. The summed E-state index contributed by atoms with van der Waals surface area (Å²) in [5, 5.41) is 22.3. The van der Waals surface area contributed by atoms with Crippen LogP contribution in [0.5, 0.6) is 0 Å². The van der Waals surface area contributed by atoms with Gasteiger partial charge in [0.1, 0.15) is 5.52 Å². The SMILES string of the molecule is C[C@H]1CN(c2ncc(C[C@@H](O)CO)cc2F)CCN1C(=O)Nc1nc2c(Cl)cccc2s1. The van der Waals surface area contributed by atoms with Crippen molar-refractivity contribution < 1.29 is 19.4 Å². The minimum Gasteiger partial charge on any atom is -0.394 e. The molecule has 0 unspecified atom stereocenters. The number of urea groups is 1. The second kappa shape index (κ2) is 9.53. The van der Waals surface area contributed by atoms with E-state index in [0.29, 0.717) is 40.9 Å². The number of hydrogen-bond donors (Lipinski definition) is 3. The van der Waals surface area contributed by atoms with Gasteiger partial charge in [-0.15, -0.1) is 0 Å². The van der Waals surface area contributed by atoms with Crippen LogP contribution < -0.4 is 10.2 Å². The van der Waals surface area contributed by atoms with E-state index in [1.807, 2.05) is 19.1 Å². The van der Waals surface area contributed by atoms with E-state index in [0.717, 1.165) is 4.70 Å². The molecule has 3 heterocycles. The molecule has 11 heteroatoms. The van der Waals surface area contributed by atoms with Crippen molar-refractivity contribution in [1.29, 1.82) is 0 Å². The molecule has 32 heavy (non-hydrogen) atoms. The molecule has 1 aliphatic heterocycles. The lowest BCUT2D eigenvalue weighted by Crippen LogP contribution is -2.55. The van der Waals surface area contributed by atoms with E-state index < -0.39 is 18.5 Å². The number of pyridine rings is 1. The Hall–Kier alpha value is -2.53. The van der Waals surface area contributed by atoms with Gasteiger partial charge in [0.25, 0.3) is 0 Å². The molecule has 0 saturated carbocycles. The highest BCUT2D eigenvalue weighted by Crippen LogP contribution is 2.31. The maximum Gasteiger partial charge on any atom is 0.324 e. The summed E-state index contributed by atoms with van der Waals surface area (Å²) in [6, 6.07) is 6.36. The number of aromatic nitrogens is 2. The number of hydrogen-bond acceptors (Lipinski definition) is 7. The summed E-state index contributed by atoms with van der Waals surface area (Å²) in [5.74, 6) is -0.288. The number of fused-ring (bicyclic) bond motifs is 1. The predicted molar refractivity (Wildman–Crippen MR) is 123 cm³/mol. The van der Waals surface area contributed by atoms with Crippen LogP contribution >= 0.6 is 22.9 Å². The standard InChI is InChI=1S/C21H23ClFN5O3S/c1-12-10-27(19-16(23)8-13(9-24-19)7-14(30)11-29)5-6-28(12)21(31)26-20-25-18-15(22)3-2-4-17(18)32-20/h2-4,8-9,12,14,29-30H,5-7,10-11H2,1H3,(H,25,26,31)/t12-,14+/m0/s1. The van der Waals surface area contributed by atoms with Crippen molar-refractivity contribution in [3.8, 4) is 0 Å². The highest BCUT2D eigenvalue weighted by molar-refractivity contribution is 7.22. The van der Waals surface area contributed by atoms with Crippen LogP contribution in [0.15, 0.2) is 30.5 Å². The molecule has 1 fully saturated rings. The number of halogens is 2. The molecular formula is C21H23ClFN5O3S. The van der Waals surface area contributed by atoms with Gasteiger partial charge in [0, 0.05) is 38.3 Å². The lowest BCUT2D eigenvalue weighted by Gasteiger charge is -2.40. The Morgan fingerprint density at radius 2 is 2.25 bits per heavy atom. The maximum atomic E-state index is 14.6. The number of para-hydroxylation sites is 1. The van der Waals surface area contributed by atoms with E-state index in [2.05, 4.69) is 15.3 Å². The van der Waals surface area contributed by atoms with Gasteiger partial charge in [-0.2, -0.15) is 0 Å². The number of piperazine rings is 1. The number of aliphatic hydroxyl groups excluding tert-OH is 2. The molecule has 170 valence electrons. The van der Waals surface area contributed by atoms with Gasteiger partial charge in [-0.1, -0.05) is 29.0 Å². The third-order valence-corrected chi connectivity index (χ3v) is 6.57. The third kappa shape index (κ3) is 4.78. The molecular weight excluding hydrogens is 457 g/mol. The van der Waals surface area contributed by atoms with E-state index in [1.54, 1.807) is 15.9 Å². The topological polar surface area (TPSA) is 102 Å². The second-order valence-corrected chi connectivity index (χ2v) is 9.15. The van der Waals surface area contributed by atoms with Gasteiger partial charge in [0.15, 0.2) is 16.8 Å². The normalized spacial score (nSPS) is 17.6. The fourth-order valence-corrected chi connectivity index (χ4v) is 4.89. The van der Waals surface area contributed by atoms with Gasteiger partial charge in [-0.3, -0.25) is 5.32 Å². The quantitative estimate of drug-likeness (QED) is 0.519. The van der Waals surface area contributed by atoms with Crippen molar-refractivity contribution in [2.45, 2.75) is 25.5 Å². The molecule has 8 nitrogen and oxygen atoms in total. The molecule has 1 aliphatic rings. The van der Waals surface area contributed by atoms with E-state index in [1.165, 1.54) is 23.6 Å². The molecule has 2 amide bonds. The average molecular weight is 480 g/mol. The van der Waals surface area contributed by atoms with Crippen molar-refractivity contribution in [2.24, 2.45) is 0 Å². The molecule has 0 bridgehead atoms. The number of carbonyl (C=O) groups excluding carboxylic acids is 1. The van der Waals surface area contributed by atoms with Crippen LogP contribution in [0.2, 0.25) is 5.02 Å². The highest BCUT2D eigenvalue weighted by Gasteiger charge is 2.30. The summed E-state index contributed by atoms with van der Waals surface area (Å²) in [6.45, 7) is 2.73. The Bertz CT molecular complexity index is 1130. The largest absolute Gasteiger partial charge is 0.394 e. The van der Waals surface area contributed by atoms with Crippen molar-refractivity contribution in [1.82, 2.24) is 14.9 Å². The van der Waals surface area contributed by atoms with Gasteiger partial charge in [0.2, 0.25) is 0 Å². The molecule has 0 radical (unpaired) electrons. The van der Waals surface area contributed by atoms with E-state index in [9.17, 15) is 14.3 Å². The fourth-order valence-electron chi connectivity index (χ4n) is 3.73. The number of nitrogens with zero attached hydrogens (tertiary/aromatic N) is 4. The number of nitrogens with one attached hydrogen (secondary N) is 1. The van der Waals surface area contributed by atoms with Crippen molar-refractivity contribution in [3.05, 3.63) is 46.9 Å². The molecule has 3 aromatic rings. The number of anilines is 2. The number of thiazole rings is 1. The van der Waals surface area contributed by atoms with Crippen molar-refractivity contribution in [2.75, 3.05) is 36.5 Å². The first-order chi connectivity index (χ1) is 15.4. The zero-order valence-electron chi connectivity index (χ0n) is 17.3. The molecule has 2 aromatic heterocycles. The average Bonchev–Trinajstić information content (AvgIpc) is 3.17. The lowest BCUT2D eigenvalue weighted by molar-refractivity contribution is 0.0954. The van der Waals surface area contributed by atoms with E-state index in [-0.39, 0.29) is 24.3 Å². The van der Waals surface area contributed by atoms with E-state index >= 15 is 0 Å². The number of carbonyl (C=O) groups is 1. The monoisotopic (exact) mass is 479 g/mol. The van der Waals surface area contributed by atoms with Crippen LogP contribution in [0.3, 0.4) is 0 Å². The Balaban J connectivity index is 1.40. The fraction of sp³-hybridized carbons (Fsp3) is 0.381. The molecule has 3 N–H and O–H groups in total. The Kier molecular flexibility index (Phi) is 6.75. The summed E-state index contributed by atoms with van der Waals surface area (Å²) >= 11 is 7.52. The molecule has 1 saturated heterocycles. The van der Waals surface area contributed by atoms with Gasteiger partial charge in [-0.05, 0) is 30.7 Å². The summed E-state index contributed by atoms with van der Waals surface area (Å²) < 4.78 is 15.5. The van der Waals surface area contributed by atoms with Crippen LogP contribution in [0.25, 0.3) is 10.2 Å². The van der Waals surface area contributed by atoms with Crippen LogP contribution in [-0.2, 0) is 6.42 Å². The Labute approximate surface area is 193 Å². The van der Waals surface area contributed by atoms with Crippen LogP contribution in [0.1, 0.15) is 12.5 Å². The van der Waals surface area contributed by atoms with E-state index in [4.69, 9.17) is 16.7 Å². The summed E-state index contributed by atoms with van der Waals surface area (Å²) in [6.07, 6.45) is 0.678. The molecule has 2 atom stereocenters. The minimum atomic E-state index is -0.949. The summed E-state index contributed by atoms with van der Waals surface area (Å²) in [4.78, 5) is 24.9. The summed E-state index contributed by atoms with van der Waals surface area (Å²) in [7, 11) is 0. The van der Waals surface area contributed by atoms with Gasteiger partial charge in [0.05, 0.1) is 22.4 Å². The number of benzene rings is 1. The third-order valence-electron chi connectivity index (χ3n) is 5.33. The molecule has 1 aromatic carbocycles.